The van der Waals surface area contributed by atoms with E-state index in [1.807, 2.05) is 0 Å². The molecule has 2 saturated heterocycles. The number of aliphatic hydroxyl groups excluding tert-OH is 6. The predicted octanol–water partition coefficient (Wildman–Crippen LogP) is -7.08. The first-order valence-electron chi connectivity index (χ1n) is 10.6. The molecule has 14 N–H and O–H groups in total. The van der Waals surface area contributed by atoms with Crippen molar-refractivity contribution >= 4 is 5.78 Å². The molecule has 0 aromatic rings. The summed E-state index contributed by atoms with van der Waals surface area (Å²) in [5.74, 6) is -0.976. The Bertz CT molecular complexity index is 675. The quantitative estimate of drug-likeness (QED) is 0.168. The molecule has 1 saturated carbocycles. The zero-order valence-corrected chi connectivity index (χ0v) is 17.7. The van der Waals surface area contributed by atoms with Gasteiger partial charge in [-0.1, -0.05) is 0 Å². The molecule has 0 unspecified atom stereocenters. The van der Waals surface area contributed by atoms with E-state index in [1.54, 1.807) is 0 Å². The lowest BCUT2D eigenvalue weighted by Crippen LogP contribution is -2.68. The number of Topliss-reactive ketones (excluding diaryl/α,β-unsaturated/α-hetero) is 1. The van der Waals surface area contributed by atoms with Gasteiger partial charge < -0.3 is 72.5 Å². The number of hydrogen-bond acceptors (Lipinski definition) is 15. The van der Waals surface area contributed by atoms with Gasteiger partial charge >= 0.3 is 0 Å². The normalized spacial score (nSPS) is 51.5. The van der Waals surface area contributed by atoms with Crippen molar-refractivity contribution in [2.45, 2.75) is 92.1 Å². The van der Waals surface area contributed by atoms with Crippen LogP contribution < -0.4 is 22.9 Å². The maximum Gasteiger partial charge on any atom is 0.221 e. The third-order valence-electron chi connectivity index (χ3n) is 6.33. The van der Waals surface area contributed by atoms with Gasteiger partial charge in [-0.3, -0.25) is 4.79 Å². The van der Waals surface area contributed by atoms with Crippen LogP contribution in [0.1, 0.15) is 6.42 Å². The minimum atomic E-state index is -1.81. The molecule has 0 aromatic carbocycles. The fraction of sp³-hybridized carbons (Fsp3) is 0.944. The van der Waals surface area contributed by atoms with Crippen LogP contribution in [0.3, 0.4) is 0 Å². The molecular formula is C18H34N4O11. The highest BCUT2D eigenvalue weighted by Crippen LogP contribution is 2.30. The summed E-state index contributed by atoms with van der Waals surface area (Å²) in [6.45, 7) is -0.814. The molecule has 0 radical (unpaired) electrons. The highest BCUT2D eigenvalue weighted by molar-refractivity contribution is 5.87. The second kappa shape index (κ2) is 10.8. The van der Waals surface area contributed by atoms with Crippen molar-refractivity contribution in [1.29, 1.82) is 0 Å². The molecule has 14 atom stereocenters. The fourth-order valence-electron chi connectivity index (χ4n) is 4.28. The van der Waals surface area contributed by atoms with E-state index >= 15 is 0 Å². The number of carbonyl (C=O) groups is 1. The third kappa shape index (κ3) is 5.21. The summed E-state index contributed by atoms with van der Waals surface area (Å²) in [6, 6.07) is -2.94. The Morgan fingerprint density at radius 2 is 1.45 bits per heavy atom. The first-order chi connectivity index (χ1) is 15.5. The van der Waals surface area contributed by atoms with Gasteiger partial charge in [0.25, 0.3) is 0 Å². The molecular weight excluding hydrogens is 448 g/mol. The maximum absolute atomic E-state index is 12.3. The molecule has 3 fully saturated rings. The predicted molar refractivity (Wildman–Crippen MR) is 107 cm³/mol. The van der Waals surface area contributed by atoms with E-state index in [2.05, 4.69) is 0 Å². The molecule has 3 aliphatic rings. The molecule has 0 aromatic heterocycles. The lowest BCUT2D eigenvalue weighted by molar-refractivity contribution is -0.312. The third-order valence-corrected chi connectivity index (χ3v) is 6.33. The van der Waals surface area contributed by atoms with Crippen molar-refractivity contribution in [2.75, 3.05) is 13.2 Å². The number of rotatable bonds is 6. The summed E-state index contributed by atoms with van der Waals surface area (Å²) >= 11 is 0. The summed E-state index contributed by atoms with van der Waals surface area (Å²) in [5, 5.41) is 60.4. The Morgan fingerprint density at radius 3 is 2.03 bits per heavy atom. The Morgan fingerprint density at radius 1 is 0.848 bits per heavy atom. The molecule has 33 heavy (non-hydrogen) atoms. The standard InChI is InChI=1S/C18H34N4O11/c19-2-6-10(25)12(27)13(28)18(30-6)33-16-5(21)1-4(20)15(14(16)29)32-17-11(26)8(22)9(24)7(3-23)31-17/h4-12,14-18,23-27,29H,1-3,19-22H2/t4-,5+,6-,7-,8+,9-,10-,11-,12+,14-,15+,16-,17-,18-/m1/s1. The van der Waals surface area contributed by atoms with Crippen molar-refractivity contribution in [3.63, 3.8) is 0 Å². The monoisotopic (exact) mass is 482 g/mol. The molecule has 0 spiro atoms. The van der Waals surface area contributed by atoms with E-state index in [9.17, 15) is 35.4 Å². The molecule has 3 rings (SSSR count). The molecule has 15 nitrogen and oxygen atoms in total. The van der Waals surface area contributed by atoms with Crippen LogP contribution in [-0.2, 0) is 23.7 Å². The fourth-order valence-corrected chi connectivity index (χ4v) is 4.28. The molecule has 192 valence electrons. The lowest BCUT2D eigenvalue weighted by atomic mass is 9.84. The second-order valence-corrected chi connectivity index (χ2v) is 8.62. The summed E-state index contributed by atoms with van der Waals surface area (Å²) in [7, 11) is 0. The Hall–Kier alpha value is -0.890. The zero-order valence-electron chi connectivity index (χ0n) is 17.7. The van der Waals surface area contributed by atoms with Crippen LogP contribution in [0.15, 0.2) is 0 Å². The average Bonchev–Trinajstić information content (AvgIpc) is 2.79. The Kier molecular flexibility index (Phi) is 8.74. The van der Waals surface area contributed by atoms with Crippen LogP contribution in [0, 0.1) is 0 Å². The van der Waals surface area contributed by atoms with Crippen LogP contribution in [0.25, 0.3) is 0 Å². The minimum absolute atomic E-state index is 0.0553. The van der Waals surface area contributed by atoms with E-state index in [-0.39, 0.29) is 13.0 Å². The second-order valence-electron chi connectivity index (χ2n) is 8.62. The minimum Gasteiger partial charge on any atom is -0.394 e. The van der Waals surface area contributed by atoms with Crippen molar-refractivity contribution in [1.82, 2.24) is 0 Å². The molecule has 1 aliphatic carbocycles. The largest absolute Gasteiger partial charge is 0.394 e. The van der Waals surface area contributed by atoms with Gasteiger partial charge in [-0.15, -0.1) is 0 Å². The van der Waals surface area contributed by atoms with E-state index < -0.39 is 98.0 Å². The number of ether oxygens (including phenoxy) is 4. The van der Waals surface area contributed by atoms with Crippen molar-refractivity contribution < 1.29 is 54.4 Å². The van der Waals surface area contributed by atoms with Crippen LogP contribution >= 0.6 is 0 Å². The molecule has 0 amide bonds. The zero-order chi connectivity index (χ0) is 24.6. The van der Waals surface area contributed by atoms with Gasteiger partial charge in [0.05, 0.1) is 12.6 Å². The van der Waals surface area contributed by atoms with E-state index in [4.69, 9.17) is 41.9 Å². The highest BCUT2D eigenvalue weighted by Gasteiger charge is 2.51. The van der Waals surface area contributed by atoms with E-state index in [0.29, 0.717) is 0 Å². The van der Waals surface area contributed by atoms with Crippen molar-refractivity contribution in [2.24, 2.45) is 22.9 Å². The molecule has 2 heterocycles. The van der Waals surface area contributed by atoms with Gasteiger partial charge in [-0.2, -0.15) is 0 Å². The van der Waals surface area contributed by atoms with Gasteiger partial charge in [-0.25, -0.2) is 0 Å². The van der Waals surface area contributed by atoms with Gasteiger partial charge in [-0.05, 0) is 6.42 Å². The molecule has 2 aliphatic heterocycles. The van der Waals surface area contributed by atoms with Gasteiger partial charge in [0.1, 0.15) is 54.9 Å². The van der Waals surface area contributed by atoms with Gasteiger partial charge in [0.15, 0.2) is 6.29 Å². The van der Waals surface area contributed by atoms with Crippen LogP contribution in [0.2, 0.25) is 0 Å². The van der Waals surface area contributed by atoms with Crippen LogP contribution in [-0.4, -0.2) is 135 Å². The number of aliphatic hydroxyl groups is 6. The average molecular weight is 482 g/mol. The number of carbonyl (C=O) groups excluding carboxylic acids is 1. The van der Waals surface area contributed by atoms with E-state index in [0.717, 1.165) is 0 Å². The van der Waals surface area contributed by atoms with Crippen molar-refractivity contribution in [3.8, 4) is 0 Å². The first-order valence-corrected chi connectivity index (χ1v) is 10.6. The summed E-state index contributed by atoms with van der Waals surface area (Å²) in [4.78, 5) is 12.3. The summed E-state index contributed by atoms with van der Waals surface area (Å²) < 4.78 is 22.0. The smallest absolute Gasteiger partial charge is 0.221 e. The van der Waals surface area contributed by atoms with Crippen LogP contribution in [0.5, 0.6) is 0 Å². The Balaban J connectivity index is 1.73. The molecule has 15 heteroatoms. The lowest BCUT2D eigenvalue weighted by Gasteiger charge is -2.47. The number of nitrogens with two attached hydrogens (primary N) is 4. The SMILES string of the molecule is NC[C@H]1O[C@H](O[C@H]2[C@H](O)[C@@H](O[C@H]3O[C@H](CO)[C@@H](O)[C@H](N)[C@H]3O)[C@H](N)C[C@@H]2N)C(=O)[C@@H](O)[C@@H]1O. The molecule has 0 bridgehead atoms. The summed E-state index contributed by atoms with van der Waals surface area (Å²) in [6.07, 6.45) is -15.6. The number of hydrogen-bond donors (Lipinski definition) is 10. The number of ketones is 1. The van der Waals surface area contributed by atoms with Crippen LogP contribution in [0.4, 0.5) is 0 Å². The Labute approximate surface area is 189 Å². The summed E-state index contributed by atoms with van der Waals surface area (Å²) in [5.41, 5.74) is 23.4. The maximum atomic E-state index is 12.3. The van der Waals surface area contributed by atoms with Gasteiger partial charge in [0.2, 0.25) is 12.1 Å². The van der Waals surface area contributed by atoms with Crippen molar-refractivity contribution in [3.05, 3.63) is 0 Å². The topological polar surface area (TPSA) is 279 Å². The highest BCUT2D eigenvalue weighted by atomic mass is 16.7. The first kappa shape index (κ1) is 26.7. The van der Waals surface area contributed by atoms with Gasteiger partial charge in [0, 0.05) is 18.6 Å². The van der Waals surface area contributed by atoms with E-state index in [1.165, 1.54) is 0 Å².